The monoisotopic (exact) mass is 487 g/mol. The molecule has 0 fully saturated rings. The van der Waals surface area contributed by atoms with Gasteiger partial charge in [-0.1, -0.05) is 50.2 Å². The Bertz CT molecular complexity index is 1210. The van der Waals surface area contributed by atoms with Gasteiger partial charge in [0.25, 0.3) is 5.91 Å². The highest BCUT2D eigenvalue weighted by Crippen LogP contribution is 2.20. The number of hydrogen-bond acceptors (Lipinski definition) is 5. The molecule has 2 aromatic carbocycles. The van der Waals surface area contributed by atoms with E-state index in [1.165, 1.54) is 31.5 Å². The Morgan fingerprint density at radius 2 is 1.88 bits per heavy atom. The van der Waals surface area contributed by atoms with Crippen molar-refractivity contribution in [1.82, 2.24) is 14.5 Å². The van der Waals surface area contributed by atoms with E-state index in [9.17, 15) is 17.6 Å². The summed E-state index contributed by atoms with van der Waals surface area (Å²) in [4.78, 5) is 19.0. The molecule has 34 heavy (non-hydrogen) atoms. The average molecular weight is 488 g/mol. The van der Waals surface area contributed by atoms with E-state index in [4.69, 9.17) is 4.74 Å². The van der Waals surface area contributed by atoms with Crippen LogP contribution in [0.1, 0.15) is 35.5 Å². The predicted molar refractivity (Wildman–Crippen MR) is 127 cm³/mol. The zero-order chi connectivity index (χ0) is 24.7. The Kier molecular flexibility index (Phi) is 8.57. The largest absolute Gasteiger partial charge is 0.383 e. The molecule has 0 bridgehead atoms. The lowest BCUT2D eigenvalue weighted by atomic mass is 10.1. The van der Waals surface area contributed by atoms with Gasteiger partial charge in [0.05, 0.1) is 30.8 Å². The van der Waals surface area contributed by atoms with Gasteiger partial charge in [-0.2, -0.15) is 0 Å². The fourth-order valence-electron chi connectivity index (χ4n) is 3.71. The van der Waals surface area contributed by atoms with Gasteiger partial charge in [0.15, 0.2) is 0 Å². The molecule has 0 aliphatic rings. The third-order valence-electron chi connectivity index (χ3n) is 5.20. The van der Waals surface area contributed by atoms with Crippen LogP contribution in [-0.2, 0) is 33.4 Å². The van der Waals surface area contributed by atoms with Gasteiger partial charge in [-0.05, 0) is 29.7 Å². The molecular formula is C25H30FN3O4S. The highest BCUT2D eigenvalue weighted by atomic mass is 32.2. The summed E-state index contributed by atoms with van der Waals surface area (Å²) in [5, 5.41) is -0.0638. The lowest BCUT2D eigenvalue weighted by molar-refractivity contribution is 0.0716. The lowest BCUT2D eigenvalue weighted by Gasteiger charge is -2.25. The molecule has 0 spiro atoms. The van der Waals surface area contributed by atoms with Gasteiger partial charge < -0.3 is 14.2 Å². The predicted octanol–water partition coefficient (Wildman–Crippen LogP) is 3.94. The highest BCUT2D eigenvalue weighted by molar-refractivity contribution is 7.90. The summed E-state index contributed by atoms with van der Waals surface area (Å²) >= 11 is 0. The van der Waals surface area contributed by atoms with Gasteiger partial charge in [0, 0.05) is 25.8 Å². The summed E-state index contributed by atoms with van der Waals surface area (Å²) in [7, 11) is -2.21. The maximum Gasteiger partial charge on any atom is 0.254 e. The molecule has 0 radical (unpaired) electrons. The SMILES string of the molecule is COCCn1c(CN(CC(C)C)C(=O)c2cccc(F)c2)cnc1S(=O)(=O)Cc1ccccc1. The van der Waals surface area contributed by atoms with Crippen LogP contribution in [0.15, 0.2) is 66.0 Å². The number of halogens is 1. The number of benzene rings is 2. The minimum Gasteiger partial charge on any atom is -0.383 e. The second kappa shape index (κ2) is 11.4. The second-order valence-corrected chi connectivity index (χ2v) is 10.4. The fraction of sp³-hybridized carbons (Fsp3) is 0.360. The van der Waals surface area contributed by atoms with E-state index in [1.807, 2.05) is 19.9 Å². The minimum absolute atomic E-state index is 0.0638. The first-order valence-corrected chi connectivity index (χ1v) is 12.7. The Hall–Kier alpha value is -3.04. The Morgan fingerprint density at radius 1 is 1.15 bits per heavy atom. The van der Waals surface area contributed by atoms with E-state index in [1.54, 1.807) is 39.8 Å². The molecule has 0 N–H and O–H groups in total. The first-order valence-electron chi connectivity index (χ1n) is 11.1. The third-order valence-corrected chi connectivity index (χ3v) is 6.79. The Balaban J connectivity index is 1.95. The maximum atomic E-state index is 13.7. The molecule has 0 aliphatic carbocycles. The van der Waals surface area contributed by atoms with Crippen LogP contribution >= 0.6 is 0 Å². The van der Waals surface area contributed by atoms with Crippen molar-refractivity contribution < 1.29 is 22.3 Å². The fourth-order valence-corrected chi connectivity index (χ4v) is 5.22. The van der Waals surface area contributed by atoms with Crippen LogP contribution in [0.5, 0.6) is 0 Å². The number of nitrogens with zero attached hydrogens (tertiary/aromatic N) is 3. The maximum absolute atomic E-state index is 13.7. The van der Waals surface area contributed by atoms with Crippen molar-refractivity contribution in [2.45, 2.75) is 37.8 Å². The van der Waals surface area contributed by atoms with Crippen molar-refractivity contribution in [2.24, 2.45) is 5.92 Å². The number of rotatable bonds is 11. The zero-order valence-electron chi connectivity index (χ0n) is 19.6. The summed E-state index contributed by atoms with van der Waals surface area (Å²) in [6.07, 6.45) is 1.49. The van der Waals surface area contributed by atoms with Gasteiger partial charge in [-0.25, -0.2) is 17.8 Å². The third kappa shape index (κ3) is 6.51. The van der Waals surface area contributed by atoms with Crippen LogP contribution in [0.4, 0.5) is 4.39 Å². The van der Waals surface area contributed by atoms with E-state index in [0.29, 0.717) is 17.8 Å². The van der Waals surface area contributed by atoms with Gasteiger partial charge in [0.2, 0.25) is 15.0 Å². The molecular weight excluding hydrogens is 457 g/mol. The summed E-state index contributed by atoms with van der Waals surface area (Å²) < 4.78 is 46.9. The topological polar surface area (TPSA) is 81.5 Å². The molecule has 3 aromatic rings. The molecule has 182 valence electrons. The standard InChI is InChI=1S/C25H30FN3O4S/c1-19(2)16-28(24(30)21-10-7-11-22(26)14-21)17-23-15-27-25(29(23)12-13-33-3)34(31,32)18-20-8-5-4-6-9-20/h4-11,14-15,19H,12-13,16-18H2,1-3H3. The summed E-state index contributed by atoms with van der Waals surface area (Å²) in [6, 6.07) is 14.5. The molecule has 9 heteroatoms. The number of ether oxygens (including phenoxy) is 1. The summed E-state index contributed by atoms with van der Waals surface area (Å²) in [5.74, 6) is -0.861. The second-order valence-electron chi connectivity index (χ2n) is 8.51. The smallest absolute Gasteiger partial charge is 0.254 e. The number of amides is 1. The number of carbonyl (C=O) groups excluding carboxylic acids is 1. The lowest BCUT2D eigenvalue weighted by Crippen LogP contribution is -2.34. The molecule has 1 aromatic heterocycles. The van der Waals surface area contributed by atoms with Crippen molar-refractivity contribution in [3.63, 3.8) is 0 Å². The zero-order valence-corrected chi connectivity index (χ0v) is 20.5. The highest BCUT2D eigenvalue weighted by Gasteiger charge is 2.26. The van der Waals surface area contributed by atoms with Crippen LogP contribution in [0, 0.1) is 11.7 Å². The van der Waals surface area contributed by atoms with E-state index < -0.39 is 15.7 Å². The van der Waals surface area contributed by atoms with E-state index in [0.717, 1.165) is 0 Å². The first kappa shape index (κ1) is 25.6. The van der Waals surface area contributed by atoms with Gasteiger partial charge in [-0.3, -0.25) is 4.79 Å². The molecule has 3 rings (SSSR count). The summed E-state index contributed by atoms with van der Waals surface area (Å²) in [6.45, 7) is 5.04. The van der Waals surface area contributed by atoms with Gasteiger partial charge >= 0.3 is 0 Å². The Labute approximate surface area is 200 Å². The normalized spacial score (nSPS) is 11.7. The van der Waals surface area contributed by atoms with Crippen molar-refractivity contribution in [3.8, 4) is 0 Å². The molecule has 0 saturated carbocycles. The molecule has 7 nitrogen and oxygen atoms in total. The Morgan fingerprint density at radius 3 is 2.53 bits per heavy atom. The first-order chi connectivity index (χ1) is 16.2. The van der Waals surface area contributed by atoms with Crippen molar-refractivity contribution in [1.29, 1.82) is 0 Å². The molecule has 0 atom stereocenters. The molecule has 0 unspecified atom stereocenters. The molecule has 1 heterocycles. The van der Waals surface area contributed by atoms with Gasteiger partial charge in [-0.15, -0.1) is 0 Å². The van der Waals surface area contributed by atoms with Crippen LogP contribution < -0.4 is 0 Å². The number of hydrogen-bond donors (Lipinski definition) is 0. The van der Waals surface area contributed by atoms with Crippen LogP contribution in [0.25, 0.3) is 0 Å². The number of methoxy groups -OCH3 is 1. The van der Waals surface area contributed by atoms with Crippen molar-refractivity contribution in [2.75, 3.05) is 20.3 Å². The van der Waals surface area contributed by atoms with Crippen LogP contribution in [-0.4, -0.2) is 49.0 Å². The average Bonchev–Trinajstić information content (AvgIpc) is 3.20. The minimum atomic E-state index is -3.75. The molecule has 0 saturated heterocycles. The number of aromatic nitrogens is 2. The van der Waals surface area contributed by atoms with E-state index >= 15 is 0 Å². The van der Waals surface area contributed by atoms with Crippen molar-refractivity contribution in [3.05, 3.63) is 83.4 Å². The number of carbonyl (C=O) groups is 1. The van der Waals surface area contributed by atoms with E-state index in [2.05, 4.69) is 4.98 Å². The van der Waals surface area contributed by atoms with E-state index in [-0.39, 0.29) is 48.0 Å². The summed E-state index contributed by atoms with van der Waals surface area (Å²) in [5.41, 5.74) is 1.46. The van der Waals surface area contributed by atoms with Gasteiger partial charge in [0.1, 0.15) is 5.82 Å². The van der Waals surface area contributed by atoms with Crippen LogP contribution in [0.2, 0.25) is 0 Å². The molecule has 1 amide bonds. The van der Waals surface area contributed by atoms with Crippen molar-refractivity contribution >= 4 is 15.7 Å². The van der Waals surface area contributed by atoms with Crippen LogP contribution in [0.3, 0.4) is 0 Å². The number of sulfone groups is 1. The number of imidazole rings is 1. The quantitative estimate of drug-likeness (QED) is 0.409. The molecule has 0 aliphatic heterocycles.